The smallest absolute Gasteiger partial charge is 0.310 e. The van der Waals surface area contributed by atoms with E-state index in [4.69, 9.17) is 14.2 Å². The molecule has 0 aliphatic rings. The third kappa shape index (κ3) is 8.12. The number of hydrogen-bond acceptors (Lipinski definition) is 7. The second-order valence-electron chi connectivity index (χ2n) is 8.73. The Morgan fingerprint density at radius 2 is 1.82 bits per heavy atom. The first-order valence-electron chi connectivity index (χ1n) is 11.0. The molecule has 3 aromatic rings. The number of nitrogens with zero attached hydrogens (tertiary/aromatic N) is 2. The number of carbonyl (C=O) groups excluding carboxylic acids is 1. The van der Waals surface area contributed by atoms with Gasteiger partial charge in [-0.1, -0.05) is 24.3 Å². The second kappa shape index (κ2) is 11.6. The maximum atomic E-state index is 14.4. The summed E-state index contributed by atoms with van der Waals surface area (Å²) < 4.78 is 30.3. The summed E-state index contributed by atoms with van der Waals surface area (Å²) in [6, 6.07) is 14.7. The summed E-state index contributed by atoms with van der Waals surface area (Å²) in [5.74, 6) is 0.397. The molecule has 0 saturated heterocycles. The molecule has 1 aromatic heterocycles. The molecular weight excluding hydrogens is 437 g/mol. The number of carbonyl (C=O) groups is 1. The van der Waals surface area contributed by atoms with Crippen LogP contribution in [0.3, 0.4) is 0 Å². The SMILES string of the molecule is COCCOc1ccc(Cc2ncc(F)c(Nc3cccc(CC(=O)OC(C)(C)C)c3)n2)cc1. The fraction of sp³-hybridized carbons (Fsp3) is 0.346. The minimum absolute atomic E-state index is 0.0685. The highest BCUT2D eigenvalue weighted by Crippen LogP contribution is 2.21. The van der Waals surface area contributed by atoms with E-state index in [1.165, 1.54) is 0 Å². The molecule has 0 atom stereocenters. The van der Waals surface area contributed by atoms with Crippen molar-refractivity contribution in [2.24, 2.45) is 0 Å². The van der Waals surface area contributed by atoms with E-state index in [-0.39, 0.29) is 18.2 Å². The Kier molecular flexibility index (Phi) is 8.54. The van der Waals surface area contributed by atoms with Crippen LogP contribution in [0.25, 0.3) is 0 Å². The predicted octanol–water partition coefficient (Wildman–Crippen LogP) is 4.86. The number of aromatic nitrogens is 2. The first-order valence-corrected chi connectivity index (χ1v) is 11.0. The van der Waals surface area contributed by atoms with Crippen molar-refractivity contribution in [3.05, 3.63) is 77.5 Å². The van der Waals surface area contributed by atoms with Crippen LogP contribution < -0.4 is 10.1 Å². The highest BCUT2D eigenvalue weighted by molar-refractivity contribution is 5.73. The minimum Gasteiger partial charge on any atom is -0.491 e. The molecule has 0 amide bonds. The lowest BCUT2D eigenvalue weighted by Crippen LogP contribution is -2.24. The van der Waals surface area contributed by atoms with Crippen molar-refractivity contribution in [3.63, 3.8) is 0 Å². The average Bonchev–Trinajstić information content (AvgIpc) is 2.76. The largest absolute Gasteiger partial charge is 0.491 e. The summed E-state index contributed by atoms with van der Waals surface area (Å²) >= 11 is 0. The van der Waals surface area contributed by atoms with Crippen LogP contribution in [0.1, 0.15) is 37.7 Å². The predicted molar refractivity (Wildman–Crippen MR) is 128 cm³/mol. The van der Waals surface area contributed by atoms with Crippen LogP contribution in [0.15, 0.2) is 54.7 Å². The van der Waals surface area contributed by atoms with Gasteiger partial charge in [0.25, 0.3) is 0 Å². The van der Waals surface area contributed by atoms with Crippen molar-refractivity contribution in [2.45, 2.75) is 39.2 Å². The van der Waals surface area contributed by atoms with Gasteiger partial charge in [0, 0.05) is 19.2 Å². The van der Waals surface area contributed by atoms with E-state index in [2.05, 4.69) is 15.3 Å². The molecule has 0 aliphatic heterocycles. The van der Waals surface area contributed by atoms with Gasteiger partial charge in [0.2, 0.25) is 0 Å². The molecule has 180 valence electrons. The number of halogens is 1. The molecule has 0 bridgehead atoms. The topological polar surface area (TPSA) is 82.6 Å². The van der Waals surface area contributed by atoms with E-state index in [1.807, 2.05) is 51.1 Å². The maximum absolute atomic E-state index is 14.4. The summed E-state index contributed by atoms with van der Waals surface area (Å²) in [6.45, 7) is 6.46. The number of rotatable bonds is 10. The Morgan fingerprint density at radius 3 is 2.53 bits per heavy atom. The molecule has 0 spiro atoms. The summed E-state index contributed by atoms with van der Waals surface area (Å²) in [5.41, 5.74) is 1.78. The second-order valence-corrected chi connectivity index (χ2v) is 8.73. The molecule has 0 radical (unpaired) electrons. The molecule has 34 heavy (non-hydrogen) atoms. The molecule has 0 aliphatic carbocycles. The van der Waals surface area contributed by atoms with Gasteiger partial charge in [0.15, 0.2) is 11.6 Å². The van der Waals surface area contributed by atoms with E-state index in [0.717, 1.165) is 23.1 Å². The van der Waals surface area contributed by atoms with Gasteiger partial charge in [0.1, 0.15) is 23.8 Å². The van der Waals surface area contributed by atoms with Crippen LogP contribution in [0.5, 0.6) is 5.75 Å². The number of hydrogen-bond donors (Lipinski definition) is 1. The van der Waals surface area contributed by atoms with Crippen molar-refractivity contribution < 1.29 is 23.4 Å². The minimum atomic E-state index is -0.566. The van der Waals surface area contributed by atoms with Gasteiger partial charge in [-0.25, -0.2) is 14.4 Å². The van der Waals surface area contributed by atoms with Gasteiger partial charge in [0.05, 0.1) is 19.2 Å². The lowest BCUT2D eigenvalue weighted by atomic mass is 10.1. The molecular formula is C26H30FN3O4. The Balaban J connectivity index is 1.66. The number of benzene rings is 2. The number of ether oxygens (including phenoxy) is 3. The number of esters is 1. The van der Waals surface area contributed by atoms with E-state index in [0.29, 0.717) is 31.1 Å². The number of anilines is 2. The summed E-state index contributed by atoms with van der Waals surface area (Å²) in [4.78, 5) is 20.6. The van der Waals surface area contributed by atoms with Gasteiger partial charge in [-0.3, -0.25) is 4.79 Å². The van der Waals surface area contributed by atoms with Crippen molar-refractivity contribution in [2.75, 3.05) is 25.6 Å². The molecule has 0 fully saturated rings. The van der Waals surface area contributed by atoms with Crippen LogP contribution in [0.2, 0.25) is 0 Å². The van der Waals surface area contributed by atoms with Crippen LogP contribution >= 0.6 is 0 Å². The first-order chi connectivity index (χ1) is 16.2. The molecule has 2 aromatic carbocycles. The average molecular weight is 468 g/mol. The van der Waals surface area contributed by atoms with Crippen LogP contribution in [-0.4, -0.2) is 41.9 Å². The van der Waals surface area contributed by atoms with Gasteiger partial charge in [-0.2, -0.15) is 0 Å². The Labute approximate surface area is 199 Å². The normalized spacial score (nSPS) is 11.2. The third-order valence-electron chi connectivity index (χ3n) is 4.59. The monoisotopic (exact) mass is 467 g/mol. The molecule has 0 saturated carbocycles. The van der Waals surface area contributed by atoms with E-state index in [9.17, 15) is 9.18 Å². The molecule has 1 heterocycles. The number of methoxy groups -OCH3 is 1. The number of nitrogens with one attached hydrogen (secondary N) is 1. The van der Waals surface area contributed by atoms with E-state index >= 15 is 0 Å². The Bertz CT molecular complexity index is 1100. The third-order valence-corrected chi connectivity index (χ3v) is 4.59. The zero-order chi connectivity index (χ0) is 24.6. The van der Waals surface area contributed by atoms with Crippen LogP contribution in [-0.2, 0) is 27.1 Å². The van der Waals surface area contributed by atoms with Crippen molar-refractivity contribution in [1.82, 2.24) is 9.97 Å². The summed E-state index contributed by atoms with van der Waals surface area (Å²) in [6.07, 6.45) is 1.71. The standard InChI is InChI=1S/C26H30FN3O4/c1-26(2,3)34-24(31)16-19-6-5-7-20(14-19)29-25-22(27)17-28-23(30-25)15-18-8-10-21(11-9-18)33-13-12-32-4/h5-11,14,17H,12-13,15-16H2,1-4H3,(H,28,29,30). The highest BCUT2D eigenvalue weighted by Gasteiger charge is 2.17. The lowest BCUT2D eigenvalue weighted by Gasteiger charge is -2.19. The maximum Gasteiger partial charge on any atom is 0.310 e. The summed E-state index contributed by atoms with van der Waals surface area (Å²) in [5, 5.41) is 2.99. The Hall–Kier alpha value is -3.52. The molecule has 7 nitrogen and oxygen atoms in total. The lowest BCUT2D eigenvalue weighted by molar-refractivity contribution is -0.153. The van der Waals surface area contributed by atoms with Crippen molar-refractivity contribution >= 4 is 17.5 Å². The van der Waals surface area contributed by atoms with Crippen LogP contribution in [0.4, 0.5) is 15.9 Å². The molecule has 1 N–H and O–H groups in total. The molecule has 8 heteroatoms. The highest BCUT2D eigenvalue weighted by atomic mass is 19.1. The molecule has 0 unspecified atom stereocenters. The van der Waals surface area contributed by atoms with Crippen LogP contribution in [0, 0.1) is 5.82 Å². The van der Waals surface area contributed by atoms with Gasteiger partial charge < -0.3 is 19.5 Å². The van der Waals surface area contributed by atoms with E-state index < -0.39 is 11.4 Å². The fourth-order valence-corrected chi connectivity index (χ4v) is 3.15. The quantitative estimate of drug-likeness (QED) is 0.337. The van der Waals surface area contributed by atoms with Crippen molar-refractivity contribution in [1.29, 1.82) is 0 Å². The van der Waals surface area contributed by atoms with Gasteiger partial charge in [-0.15, -0.1) is 0 Å². The fourth-order valence-electron chi connectivity index (χ4n) is 3.15. The first kappa shape index (κ1) is 25.1. The zero-order valence-electron chi connectivity index (χ0n) is 19.9. The Morgan fingerprint density at radius 1 is 1.06 bits per heavy atom. The zero-order valence-corrected chi connectivity index (χ0v) is 19.9. The molecule has 3 rings (SSSR count). The van der Waals surface area contributed by atoms with Gasteiger partial charge >= 0.3 is 5.97 Å². The van der Waals surface area contributed by atoms with E-state index in [1.54, 1.807) is 25.3 Å². The van der Waals surface area contributed by atoms with Crippen molar-refractivity contribution in [3.8, 4) is 5.75 Å². The summed E-state index contributed by atoms with van der Waals surface area (Å²) in [7, 11) is 1.62. The van der Waals surface area contributed by atoms with Gasteiger partial charge in [-0.05, 0) is 56.2 Å².